The Morgan fingerprint density at radius 1 is 0.344 bits per heavy atom. The van der Waals surface area contributed by atoms with E-state index < -0.39 is 0 Å². The van der Waals surface area contributed by atoms with E-state index in [1.165, 1.54) is 167 Å². The first kappa shape index (κ1) is 32.0. The molecule has 0 rings (SSSR count). The summed E-state index contributed by atoms with van der Waals surface area (Å²) in [5.41, 5.74) is 0. The van der Waals surface area contributed by atoms with E-state index in [1.807, 2.05) is 5.92 Å². The lowest BCUT2D eigenvalue weighted by Crippen LogP contribution is -2.14. The van der Waals surface area contributed by atoms with E-state index in [1.54, 1.807) is 0 Å². The van der Waals surface area contributed by atoms with E-state index in [0.717, 1.165) is 5.92 Å². The van der Waals surface area contributed by atoms with Crippen LogP contribution in [0.2, 0.25) is 0 Å². The molecule has 1 atom stereocenters. The summed E-state index contributed by atoms with van der Waals surface area (Å²) in [7, 11) is 0. The number of hydrogen-bond donors (Lipinski definition) is 0. The van der Waals surface area contributed by atoms with E-state index in [-0.39, 0.29) is 0 Å². The number of unbranched alkanes of at least 4 members (excludes halogenated alkanes) is 18. The highest BCUT2D eigenvalue weighted by Crippen LogP contribution is 2.35. The molecule has 0 aliphatic rings. The molecule has 0 saturated carbocycles. The molecule has 0 aromatic heterocycles. The minimum Gasteiger partial charge on any atom is -0.0654 e. The van der Waals surface area contributed by atoms with Gasteiger partial charge in [-0.15, -0.1) is 0 Å². The van der Waals surface area contributed by atoms with Crippen LogP contribution in [-0.2, 0) is 0 Å². The lowest BCUT2D eigenvalue weighted by Gasteiger charge is -2.27. The molecule has 0 spiro atoms. The predicted octanol–water partition coefficient (Wildman–Crippen LogP) is 12.4. The Bertz CT molecular complexity index is 320. The summed E-state index contributed by atoms with van der Waals surface area (Å²) in [5, 5.41) is 0. The molecule has 1 radical (unpaired) electrons. The zero-order valence-electron chi connectivity index (χ0n) is 23.5. The van der Waals surface area contributed by atoms with Crippen LogP contribution in [0, 0.1) is 11.8 Å². The fourth-order valence-electron chi connectivity index (χ4n) is 5.34. The maximum atomic E-state index is 2.35. The Morgan fingerprint density at radius 3 is 1.03 bits per heavy atom. The molecule has 0 aliphatic carbocycles. The first-order valence-electron chi connectivity index (χ1n) is 15.6. The summed E-state index contributed by atoms with van der Waals surface area (Å²) in [5.74, 6) is 2.95. The molecule has 0 fully saturated rings. The third-order valence-electron chi connectivity index (χ3n) is 7.59. The van der Waals surface area contributed by atoms with Crippen molar-refractivity contribution in [3.05, 3.63) is 5.92 Å². The van der Waals surface area contributed by atoms with Crippen LogP contribution in [0.25, 0.3) is 0 Å². The Balaban J connectivity index is 4.52. The van der Waals surface area contributed by atoms with Gasteiger partial charge in [-0.2, -0.15) is 0 Å². The van der Waals surface area contributed by atoms with Gasteiger partial charge >= 0.3 is 0 Å². The van der Waals surface area contributed by atoms with Gasteiger partial charge in [0.2, 0.25) is 0 Å². The van der Waals surface area contributed by atoms with Gasteiger partial charge in [0.05, 0.1) is 0 Å². The Kier molecular flexibility index (Phi) is 27.2. The average molecular weight is 450 g/mol. The quantitative estimate of drug-likeness (QED) is 0.109. The average Bonchev–Trinajstić information content (AvgIpc) is 2.80. The van der Waals surface area contributed by atoms with Gasteiger partial charge in [-0.25, -0.2) is 0 Å². The largest absolute Gasteiger partial charge is 0.0654 e. The third kappa shape index (κ3) is 21.8. The van der Waals surface area contributed by atoms with Crippen LogP contribution in [0.15, 0.2) is 0 Å². The highest BCUT2D eigenvalue weighted by atomic mass is 14.3. The van der Waals surface area contributed by atoms with E-state index in [2.05, 4.69) is 27.7 Å². The fourth-order valence-corrected chi connectivity index (χ4v) is 5.34. The monoisotopic (exact) mass is 450 g/mol. The molecule has 0 heterocycles. The van der Waals surface area contributed by atoms with Crippen molar-refractivity contribution in [2.75, 3.05) is 0 Å². The smallest absolute Gasteiger partial charge is 0.0210 e. The topological polar surface area (TPSA) is 0 Å². The van der Waals surface area contributed by atoms with Gasteiger partial charge in [-0.3, -0.25) is 0 Å². The number of rotatable bonds is 27. The molecular weight excluding hydrogens is 384 g/mol. The molecule has 193 valence electrons. The molecule has 0 saturated heterocycles. The van der Waals surface area contributed by atoms with Crippen molar-refractivity contribution in [3.63, 3.8) is 0 Å². The summed E-state index contributed by atoms with van der Waals surface area (Å²) in [6.07, 6.45) is 37.7. The maximum absolute atomic E-state index is 2.35. The van der Waals surface area contributed by atoms with Crippen molar-refractivity contribution in [1.82, 2.24) is 0 Å². The lowest BCUT2D eigenvalue weighted by atomic mass is 9.78. The SMILES string of the molecule is CCCCCCCCCC[C](CCCCCC)C(CCCCCC)CCCCCCCC. The van der Waals surface area contributed by atoms with Gasteiger partial charge in [0.25, 0.3) is 0 Å². The van der Waals surface area contributed by atoms with E-state index in [0.29, 0.717) is 0 Å². The molecule has 0 bridgehead atoms. The second-order valence-corrected chi connectivity index (χ2v) is 10.8. The molecule has 0 aliphatic heterocycles. The number of hydrogen-bond acceptors (Lipinski definition) is 0. The van der Waals surface area contributed by atoms with Gasteiger partial charge < -0.3 is 0 Å². The lowest BCUT2D eigenvalue weighted by molar-refractivity contribution is 0.372. The van der Waals surface area contributed by atoms with Gasteiger partial charge in [0.15, 0.2) is 0 Å². The van der Waals surface area contributed by atoms with Crippen LogP contribution in [0.1, 0.15) is 195 Å². The molecule has 0 aromatic rings. The van der Waals surface area contributed by atoms with E-state index in [4.69, 9.17) is 0 Å². The van der Waals surface area contributed by atoms with Crippen molar-refractivity contribution in [3.8, 4) is 0 Å². The zero-order chi connectivity index (χ0) is 23.5. The summed E-state index contributed by atoms with van der Waals surface area (Å²) < 4.78 is 0. The molecule has 0 N–H and O–H groups in total. The normalized spacial score (nSPS) is 12.7. The minimum absolute atomic E-state index is 0.948. The van der Waals surface area contributed by atoms with Crippen molar-refractivity contribution < 1.29 is 0 Å². The minimum atomic E-state index is 0.948. The van der Waals surface area contributed by atoms with Crippen LogP contribution >= 0.6 is 0 Å². The van der Waals surface area contributed by atoms with Crippen molar-refractivity contribution in [2.24, 2.45) is 5.92 Å². The van der Waals surface area contributed by atoms with Crippen LogP contribution in [-0.4, -0.2) is 0 Å². The Labute approximate surface area is 206 Å². The first-order valence-corrected chi connectivity index (χ1v) is 15.6. The molecular formula is C32H65. The highest BCUT2D eigenvalue weighted by Gasteiger charge is 2.21. The summed E-state index contributed by atoms with van der Waals surface area (Å²) in [6, 6.07) is 0. The van der Waals surface area contributed by atoms with Crippen molar-refractivity contribution >= 4 is 0 Å². The zero-order valence-corrected chi connectivity index (χ0v) is 23.5. The molecule has 0 aromatic carbocycles. The summed E-state index contributed by atoms with van der Waals surface area (Å²) in [4.78, 5) is 0. The Morgan fingerprint density at radius 2 is 0.625 bits per heavy atom. The maximum Gasteiger partial charge on any atom is -0.0210 e. The molecule has 0 nitrogen and oxygen atoms in total. The second kappa shape index (κ2) is 27.2. The Hall–Kier alpha value is 0. The van der Waals surface area contributed by atoms with Crippen LogP contribution < -0.4 is 0 Å². The van der Waals surface area contributed by atoms with Crippen LogP contribution in [0.5, 0.6) is 0 Å². The van der Waals surface area contributed by atoms with Crippen LogP contribution in [0.3, 0.4) is 0 Å². The van der Waals surface area contributed by atoms with Gasteiger partial charge in [0, 0.05) is 0 Å². The molecule has 0 amide bonds. The fraction of sp³-hybridized carbons (Fsp3) is 0.969. The molecule has 32 heavy (non-hydrogen) atoms. The second-order valence-electron chi connectivity index (χ2n) is 10.8. The first-order chi connectivity index (χ1) is 15.8. The van der Waals surface area contributed by atoms with E-state index >= 15 is 0 Å². The highest BCUT2D eigenvalue weighted by molar-refractivity contribution is 4.96. The standard InChI is InChI=1S/C32H65/c1-5-9-13-17-19-20-22-26-30-32(28-24-16-12-8-4)31(27-23-15-11-7-3)29-25-21-18-14-10-6-2/h31H,5-30H2,1-4H3. The van der Waals surface area contributed by atoms with Gasteiger partial charge in [-0.1, -0.05) is 169 Å². The predicted molar refractivity (Wildman–Crippen MR) is 149 cm³/mol. The van der Waals surface area contributed by atoms with Gasteiger partial charge in [-0.05, 0) is 37.5 Å². The molecule has 1 unspecified atom stereocenters. The van der Waals surface area contributed by atoms with Crippen molar-refractivity contribution in [2.45, 2.75) is 195 Å². The molecule has 0 heteroatoms. The third-order valence-corrected chi connectivity index (χ3v) is 7.59. The van der Waals surface area contributed by atoms with Crippen molar-refractivity contribution in [1.29, 1.82) is 0 Å². The summed E-state index contributed by atoms with van der Waals surface area (Å²) in [6.45, 7) is 9.35. The van der Waals surface area contributed by atoms with E-state index in [9.17, 15) is 0 Å². The van der Waals surface area contributed by atoms with Gasteiger partial charge in [0.1, 0.15) is 0 Å². The summed E-state index contributed by atoms with van der Waals surface area (Å²) >= 11 is 0. The van der Waals surface area contributed by atoms with Crippen LogP contribution in [0.4, 0.5) is 0 Å².